The van der Waals surface area contributed by atoms with Gasteiger partial charge < -0.3 is 10.1 Å². The Hall–Kier alpha value is -1.85. The summed E-state index contributed by atoms with van der Waals surface area (Å²) < 4.78 is 5.58. The second kappa shape index (κ2) is 7.24. The Kier molecular flexibility index (Phi) is 5.36. The van der Waals surface area contributed by atoms with Gasteiger partial charge in [0.2, 0.25) is 0 Å². The van der Waals surface area contributed by atoms with Crippen molar-refractivity contribution in [2.45, 2.75) is 0 Å². The molecule has 0 saturated carbocycles. The molecule has 2 aromatic carbocycles. The van der Waals surface area contributed by atoms with Crippen LogP contribution in [0.15, 0.2) is 53.0 Å². The summed E-state index contributed by atoms with van der Waals surface area (Å²) in [6.07, 6.45) is 0. The fourth-order valence-electron chi connectivity index (χ4n) is 1.60. The van der Waals surface area contributed by atoms with E-state index in [-0.39, 0.29) is 6.61 Å². The van der Waals surface area contributed by atoms with Gasteiger partial charge in [0.05, 0.1) is 5.56 Å². The van der Waals surface area contributed by atoms with Crippen molar-refractivity contribution in [2.75, 3.05) is 11.9 Å². The fourth-order valence-corrected chi connectivity index (χ4v) is 2.24. The van der Waals surface area contributed by atoms with E-state index < -0.39 is 11.9 Å². The van der Waals surface area contributed by atoms with Gasteiger partial charge in [0.1, 0.15) is 0 Å². The third-order valence-electron chi connectivity index (χ3n) is 2.54. The molecule has 0 radical (unpaired) electrons. The maximum absolute atomic E-state index is 11.8. The van der Waals surface area contributed by atoms with Crippen LogP contribution < -0.4 is 5.32 Å². The minimum Gasteiger partial charge on any atom is -0.452 e. The van der Waals surface area contributed by atoms with Crippen molar-refractivity contribution in [3.63, 3.8) is 0 Å². The summed E-state index contributed by atoms with van der Waals surface area (Å²) in [5.41, 5.74) is 0.914. The average Bonchev–Trinajstić information content (AvgIpc) is 2.45. The molecule has 0 saturated heterocycles. The summed E-state index contributed by atoms with van der Waals surface area (Å²) in [6.45, 7) is -0.368. The van der Waals surface area contributed by atoms with Gasteiger partial charge in [-0.25, -0.2) is 4.79 Å². The zero-order valence-electron chi connectivity index (χ0n) is 10.8. The summed E-state index contributed by atoms with van der Waals surface area (Å²) in [5, 5.41) is 3.10. The molecule has 0 heterocycles. The third kappa shape index (κ3) is 4.58. The molecule has 2 aromatic rings. The molecule has 1 N–H and O–H groups in total. The summed E-state index contributed by atoms with van der Waals surface area (Å²) in [5.74, 6) is -0.999. The molecule has 0 aliphatic carbocycles. The Morgan fingerprint density at radius 3 is 2.62 bits per heavy atom. The highest BCUT2D eigenvalue weighted by atomic mass is 79.9. The molecule has 6 heteroatoms. The lowest BCUT2D eigenvalue weighted by Crippen LogP contribution is -2.21. The topological polar surface area (TPSA) is 55.4 Å². The fraction of sp³-hybridized carbons (Fsp3) is 0.0667. The van der Waals surface area contributed by atoms with Crippen LogP contribution in [-0.2, 0) is 9.53 Å². The number of benzene rings is 2. The van der Waals surface area contributed by atoms with Crippen LogP contribution in [0.2, 0.25) is 5.02 Å². The van der Waals surface area contributed by atoms with E-state index in [1.807, 2.05) is 0 Å². The van der Waals surface area contributed by atoms with Crippen LogP contribution in [0.5, 0.6) is 0 Å². The molecule has 0 fully saturated rings. The van der Waals surface area contributed by atoms with Gasteiger partial charge in [-0.05, 0) is 46.3 Å². The summed E-state index contributed by atoms with van der Waals surface area (Å²) in [7, 11) is 0. The minimum atomic E-state index is -0.566. The molecule has 0 unspecified atom stereocenters. The van der Waals surface area contributed by atoms with Crippen molar-refractivity contribution in [1.29, 1.82) is 0 Å². The van der Waals surface area contributed by atoms with E-state index in [9.17, 15) is 9.59 Å². The SMILES string of the molecule is O=C(COC(=O)c1ccccc1Br)Nc1cccc(Cl)c1. The summed E-state index contributed by atoms with van der Waals surface area (Å²) in [4.78, 5) is 23.5. The van der Waals surface area contributed by atoms with Gasteiger partial charge in [0, 0.05) is 15.2 Å². The number of rotatable bonds is 4. The Morgan fingerprint density at radius 1 is 1.14 bits per heavy atom. The van der Waals surface area contributed by atoms with Crippen molar-refractivity contribution < 1.29 is 14.3 Å². The first-order chi connectivity index (χ1) is 10.1. The highest BCUT2D eigenvalue weighted by molar-refractivity contribution is 9.10. The molecule has 2 rings (SSSR count). The van der Waals surface area contributed by atoms with E-state index in [0.717, 1.165) is 0 Å². The lowest BCUT2D eigenvalue weighted by atomic mass is 10.2. The number of amides is 1. The molecule has 1 amide bonds. The van der Waals surface area contributed by atoms with Crippen molar-refractivity contribution >= 4 is 45.1 Å². The van der Waals surface area contributed by atoms with Gasteiger partial charge in [0.15, 0.2) is 6.61 Å². The van der Waals surface area contributed by atoms with Crippen molar-refractivity contribution in [3.8, 4) is 0 Å². The Morgan fingerprint density at radius 2 is 1.90 bits per heavy atom. The number of esters is 1. The summed E-state index contributed by atoms with van der Waals surface area (Å²) >= 11 is 9.06. The molecule has 0 bridgehead atoms. The minimum absolute atomic E-state index is 0.368. The molecule has 108 valence electrons. The predicted octanol–water partition coefficient (Wildman–Crippen LogP) is 3.90. The van der Waals surface area contributed by atoms with Crippen LogP contribution in [0.1, 0.15) is 10.4 Å². The number of carbonyl (C=O) groups is 2. The molecule has 4 nitrogen and oxygen atoms in total. The Bertz CT molecular complexity index is 675. The number of hydrogen-bond donors (Lipinski definition) is 1. The van der Waals surface area contributed by atoms with Crippen LogP contribution >= 0.6 is 27.5 Å². The maximum atomic E-state index is 11.8. The molecular formula is C15H11BrClNO3. The Labute approximate surface area is 135 Å². The molecule has 0 aliphatic heterocycles. The van der Waals surface area contributed by atoms with Gasteiger partial charge in [-0.1, -0.05) is 29.8 Å². The largest absolute Gasteiger partial charge is 0.452 e. The molecule has 21 heavy (non-hydrogen) atoms. The Balaban J connectivity index is 1.90. The molecule has 0 aromatic heterocycles. The van der Waals surface area contributed by atoms with Crippen LogP contribution in [0.4, 0.5) is 5.69 Å². The van der Waals surface area contributed by atoms with Crippen LogP contribution in [0, 0.1) is 0 Å². The van der Waals surface area contributed by atoms with Crippen LogP contribution in [0.25, 0.3) is 0 Å². The average molecular weight is 369 g/mol. The highest BCUT2D eigenvalue weighted by Gasteiger charge is 2.12. The number of carbonyl (C=O) groups excluding carboxylic acids is 2. The monoisotopic (exact) mass is 367 g/mol. The van der Waals surface area contributed by atoms with E-state index in [0.29, 0.717) is 20.7 Å². The van der Waals surface area contributed by atoms with E-state index in [1.54, 1.807) is 48.5 Å². The van der Waals surface area contributed by atoms with E-state index in [4.69, 9.17) is 16.3 Å². The lowest BCUT2D eigenvalue weighted by molar-refractivity contribution is -0.119. The third-order valence-corrected chi connectivity index (χ3v) is 3.46. The van der Waals surface area contributed by atoms with Gasteiger partial charge in [-0.2, -0.15) is 0 Å². The van der Waals surface area contributed by atoms with E-state index in [1.165, 1.54) is 0 Å². The number of nitrogens with one attached hydrogen (secondary N) is 1. The zero-order valence-corrected chi connectivity index (χ0v) is 13.1. The van der Waals surface area contributed by atoms with Gasteiger partial charge in [-0.3, -0.25) is 4.79 Å². The lowest BCUT2D eigenvalue weighted by Gasteiger charge is -2.07. The van der Waals surface area contributed by atoms with Crippen molar-refractivity contribution in [1.82, 2.24) is 0 Å². The van der Waals surface area contributed by atoms with Crippen LogP contribution in [0.3, 0.4) is 0 Å². The maximum Gasteiger partial charge on any atom is 0.339 e. The van der Waals surface area contributed by atoms with Gasteiger partial charge in [0.25, 0.3) is 5.91 Å². The van der Waals surface area contributed by atoms with E-state index in [2.05, 4.69) is 21.2 Å². The van der Waals surface area contributed by atoms with Crippen molar-refractivity contribution in [3.05, 3.63) is 63.6 Å². The standard InChI is InChI=1S/C15H11BrClNO3/c16-13-7-2-1-6-12(13)15(20)21-9-14(19)18-11-5-3-4-10(17)8-11/h1-8H,9H2,(H,18,19). The van der Waals surface area contributed by atoms with E-state index >= 15 is 0 Å². The molecule has 0 aliphatic rings. The number of ether oxygens (including phenoxy) is 1. The second-order valence-electron chi connectivity index (χ2n) is 4.11. The first-order valence-corrected chi connectivity index (χ1v) is 7.20. The zero-order chi connectivity index (χ0) is 15.2. The van der Waals surface area contributed by atoms with Gasteiger partial charge in [-0.15, -0.1) is 0 Å². The number of anilines is 1. The van der Waals surface area contributed by atoms with Crippen molar-refractivity contribution in [2.24, 2.45) is 0 Å². The predicted molar refractivity (Wildman–Crippen MR) is 84.5 cm³/mol. The number of halogens is 2. The van der Waals surface area contributed by atoms with Crippen LogP contribution in [-0.4, -0.2) is 18.5 Å². The summed E-state index contributed by atoms with van der Waals surface area (Å²) in [6, 6.07) is 13.5. The normalized spacial score (nSPS) is 10.0. The molecule has 0 spiro atoms. The first-order valence-electron chi connectivity index (χ1n) is 6.03. The highest BCUT2D eigenvalue weighted by Crippen LogP contribution is 2.17. The number of hydrogen-bond acceptors (Lipinski definition) is 3. The molecule has 0 atom stereocenters. The smallest absolute Gasteiger partial charge is 0.339 e. The van der Waals surface area contributed by atoms with Gasteiger partial charge >= 0.3 is 5.97 Å². The second-order valence-corrected chi connectivity index (χ2v) is 5.41. The molecular weight excluding hydrogens is 358 g/mol. The first kappa shape index (κ1) is 15.5. The quantitative estimate of drug-likeness (QED) is 0.833.